The van der Waals surface area contributed by atoms with E-state index >= 15 is 0 Å². The first-order chi connectivity index (χ1) is 6.43. The van der Waals surface area contributed by atoms with Gasteiger partial charge in [-0.25, -0.2) is 5.84 Å². The molecule has 14 heavy (non-hydrogen) atoms. The Morgan fingerprint density at radius 2 is 1.86 bits per heavy atom. The maximum absolute atomic E-state index is 8.86. The van der Waals surface area contributed by atoms with Crippen LogP contribution < -0.4 is 11.7 Å². The van der Waals surface area contributed by atoms with E-state index in [0.29, 0.717) is 24.7 Å². The number of nitrogens with two attached hydrogens (primary N) is 2. The predicted octanol–water partition coefficient (Wildman–Crippen LogP) is -0.261. The van der Waals surface area contributed by atoms with Gasteiger partial charge in [-0.1, -0.05) is 26.7 Å². The van der Waals surface area contributed by atoms with Crippen molar-refractivity contribution in [3.05, 3.63) is 0 Å². The SMILES string of the molecule is CCC(O)CN(N)S.CCCN(N)O. The Morgan fingerprint density at radius 1 is 1.36 bits per heavy atom. The van der Waals surface area contributed by atoms with Crippen LogP contribution in [0, 0.1) is 0 Å². The topological polar surface area (TPSA) is 99.0 Å². The second-order valence-electron chi connectivity index (χ2n) is 2.85. The van der Waals surface area contributed by atoms with Gasteiger partial charge in [-0.2, -0.15) is 4.41 Å². The van der Waals surface area contributed by atoms with Crippen LogP contribution in [-0.2, 0) is 0 Å². The van der Waals surface area contributed by atoms with Crippen molar-refractivity contribution in [2.75, 3.05) is 13.1 Å². The normalized spacial score (nSPS) is 12.6. The molecule has 0 saturated heterocycles. The first-order valence-electron chi connectivity index (χ1n) is 4.54. The number of thiol groups is 1. The Morgan fingerprint density at radius 3 is 1.93 bits per heavy atom. The lowest BCUT2D eigenvalue weighted by Gasteiger charge is -2.11. The molecular weight excluding hydrogens is 204 g/mol. The summed E-state index contributed by atoms with van der Waals surface area (Å²) in [5.74, 6) is 9.90. The van der Waals surface area contributed by atoms with Gasteiger partial charge in [-0.3, -0.25) is 11.0 Å². The zero-order valence-corrected chi connectivity index (χ0v) is 9.69. The smallest absolute Gasteiger partial charge is 0.0688 e. The monoisotopic (exact) mass is 226 g/mol. The molecule has 0 bridgehead atoms. The van der Waals surface area contributed by atoms with E-state index in [1.165, 1.54) is 4.41 Å². The first-order valence-corrected chi connectivity index (χ1v) is 4.94. The van der Waals surface area contributed by atoms with Gasteiger partial charge in [0, 0.05) is 13.1 Å². The molecule has 0 fully saturated rings. The molecule has 0 aliphatic carbocycles. The lowest BCUT2D eigenvalue weighted by Crippen LogP contribution is -2.29. The van der Waals surface area contributed by atoms with Crippen LogP contribution in [0.2, 0.25) is 0 Å². The molecule has 88 valence electrons. The summed E-state index contributed by atoms with van der Waals surface area (Å²) in [6.45, 7) is 4.79. The number of hydrazine groups is 2. The fourth-order valence-corrected chi connectivity index (χ4v) is 0.763. The highest BCUT2D eigenvalue weighted by Crippen LogP contribution is 1.92. The van der Waals surface area contributed by atoms with Gasteiger partial charge in [0.15, 0.2) is 0 Å². The maximum Gasteiger partial charge on any atom is 0.0688 e. The molecule has 0 heterocycles. The van der Waals surface area contributed by atoms with Gasteiger partial charge in [0.05, 0.1) is 6.10 Å². The maximum atomic E-state index is 8.86. The van der Waals surface area contributed by atoms with E-state index in [9.17, 15) is 0 Å². The summed E-state index contributed by atoms with van der Waals surface area (Å²) < 4.78 is 1.17. The van der Waals surface area contributed by atoms with Gasteiger partial charge >= 0.3 is 0 Å². The van der Waals surface area contributed by atoms with E-state index in [0.717, 1.165) is 6.42 Å². The van der Waals surface area contributed by atoms with Crippen LogP contribution >= 0.6 is 12.8 Å². The molecule has 6 N–H and O–H groups in total. The molecule has 0 rings (SSSR count). The van der Waals surface area contributed by atoms with Crippen LogP contribution in [0.25, 0.3) is 0 Å². The first kappa shape index (κ1) is 16.5. The van der Waals surface area contributed by atoms with Crippen molar-refractivity contribution in [3.8, 4) is 0 Å². The van der Waals surface area contributed by atoms with E-state index in [-0.39, 0.29) is 6.10 Å². The van der Waals surface area contributed by atoms with Gasteiger partial charge in [0.2, 0.25) is 0 Å². The minimum Gasteiger partial charge on any atom is -0.392 e. The van der Waals surface area contributed by atoms with Gasteiger partial charge in [-0.05, 0) is 12.8 Å². The molecule has 0 amide bonds. The highest BCUT2D eigenvalue weighted by Gasteiger charge is 2.00. The van der Waals surface area contributed by atoms with Gasteiger partial charge in [0.25, 0.3) is 0 Å². The third-order valence-electron chi connectivity index (χ3n) is 1.32. The quantitative estimate of drug-likeness (QED) is 0.252. The van der Waals surface area contributed by atoms with Gasteiger partial charge < -0.3 is 5.11 Å². The number of hydrogen-bond donors (Lipinski definition) is 5. The predicted molar refractivity (Wildman–Crippen MR) is 59.1 cm³/mol. The molecule has 0 aliphatic rings. The van der Waals surface area contributed by atoms with Crippen LogP contribution in [0.4, 0.5) is 0 Å². The van der Waals surface area contributed by atoms with Crippen LogP contribution in [0.1, 0.15) is 26.7 Å². The van der Waals surface area contributed by atoms with Crippen molar-refractivity contribution < 1.29 is 10.3 Å². The number of hydrogen-bond acceptors (Lipinski definition) is 7. The van der Waals surface area contributed by atoms with Crippen LogP contribution in [0.3, 0.4) is 0 Å². The number of aliphatic hydroxyl groups excluding tert-OH is 1. The number of aliphatic hydroxyl groups is 1. The molecule has 1 unspecified atom stereocenters. The van der Waals surface area contributed by atoms with Crippen molar-refractivity contribution in [1.82, 2.24) is 9.59 Å². The van der Waals surface area contributed by atoms with Crippen LogP contribution in [-0.4, -0.2) is 39.1 Å². The van der Waals surface area contributed by atoms with Crippen molar-refractivity contribution in [2.45, 2.75) is 32.8 Å². The van der Waals surface area contributed by atoms with E-state index in [1.54, 1.807) is 0 Å². The van der Waals surface area contributed by atoms with E-state index in [2.05, 4.69) is 12.8 Å². The van der Waals surface area contributed by atoms with Gasteiger partial charge in [-0.15, -0.1) is 5.17 Å². The van der Waals surface area contributed by atoms with Crippen molar-refractivity contribution >= 4 is 12.8 Å². The van der Waals surface area contributed by atoms with Crippen molar-refractivity contribution in [3.63, 3.8) is 0 Å². The standard InChI is InChI=1S/C4H12N2OS.C3H10N2O/c1-2-4(7)3-6(5)8;1-2-3-5(4)6/h4,7-8H,2-3,5H2,1H3;6H,2-4H2,1H3. The molecule has 0 radical (unpaired) electrons. The minimum absolute atomic E-state index is 0.350. The Kier molecular flexibility index (Phi) is 13.2. The summed E-state index contributed by atoms with van der Waals surface area (Å²) in [7, 11) is 0. The molecule has 0 aromatic carbocycles. The molecule has 0 spiro atoms. The molecule has 0 saturated carbocycles. The Labute approximate surface area is 90.9 Å². The summed E-state index contributed by atoms with van der Waals surface area (Å²) in [4.78, 5) is 0. The third-order valence-corrected chi connectivity index (χ3v) is 1.49. The van der Waals surface area contributed by atoms with Crippen molar-refractivity contribution in [2.24, 2.45) is 11.7 Å². The van der Waals surface area contributed by atoms with Crippen molar-refractivity contribution in [1.29, 1.82) is 0 Å². The Balaban J connectivity index is 0. The molecule has 6 nitrogen and oxygen atoms in total. The van der Waals surface area contributed by atoms with E-state index < -0.39 is 0 Å². The fourth-order valence-electron chi connectivity index (χ4n) is 0.574. The average molecular weight is 226 g/mol. The highest BCUT2D eigenvalue weighted by atomic mass is 32.1. The summed E-state index contributed by atoms with van der Waals surface area (Å²) in [6, 6.07) is 0. The lowest BCUT2D eigenvalue weighted by molar-refractivity contribution is -0.0926. The van der Waals surface area contributed by atoms with Crippen LogP contribution in [0.5, 0.6) is 0 Å². The summed E-state index contributed by atoms with van der Waals surface area (Å²) >= 11 is 3.74. The molecule has 0 aliphatic heterocycles. The van der Waals surface area contributed by atoms with Gasteiger partial charge in [0.1, 0.15) is 0 Å². The van der Waals surface area contributed by atoms with E-state index in [1.807, 2.05) is 13.8 Å². The molecule has 0 aromatic heterocycles. The zero-order valence-electron chi connectivity index (χ0n) is 8.80. The van der Waals surface area contributed by atoms with Crippen LogP contribution in [0.15, 0.2) is 0 Å². The zero-order chi connectivity index (χ0) is 11.6. The summed E-state index contributed by atoms with van der Waals surface area (Å²) in [5.41, 5.74) is 0. The summed E-state index contributed by atoms with van der Waals surface area (Å²) in [6.07, 6.45) is 1.25. The summed E-state index contributed by atoms with van der Waals surface area (Å²) in [5, 5.41) is 17.7. The van der Waals surface area contributed by atoms with E-state index in [4.69, 9.17) is 22.0 Å². The second kappa shape index (κ2) is 11.2. The number of rotatable bonds is 5. The molecule has 1 atom stereocenters. The number of nitrogens with zero attached hydrogens (tertiary/aromatic N) is 2. The second-order valence-corrected chi connectivity index (χ2v) is 3.36. The number of hydroxylamine groups is 1. The minimum atomic E-state index is -0.350. The largest absolute Gasteiger partial charge is 0.392 e. The average Bonchev–Trinajstić information content (AvgIpc) is 2.03. The Bertz CT molecular complexity index is 116. The molecular formula is C7H22N4O2S. The Hall–Kier alpha value is 0.110. The molecule has 0 aromatic rings. The third kappa shape index (κ3) is 18.0. The highest BCUT2D eigenvalue weighted by molar-refractivity contribution is 7.77. The molecule has 7 heteroatoms. The lowest BCUT2D eigenvalue weighted by atomic mass is 10.3. The fraction of sp³-hybridized carbons (Fsp3) is 1.00.